The summed E-state index contributed by atoms with van der Waals surface area (Å²) in [5.41, 5.74) is 2.05. The summed E-state index contributed by atoms with van der Waals surface area (Å²) in [6.07, 6.45) is 1.79. The Labute approximate surface area is 101 Å². The van der Waals surface area contributed by atoms with Crippen molar-refractivity contribution >= 4 is 11.6 Å². The van der Waals surface area contributed by atoms with Gasteiger partial charge in [-0.05, 0) is 19.1 Å². The highest BCUT2D eigenvalue weighted by molar-refractivity contribution is 5.79. The molecule has 0 aliphatic carbocycles. The quantitative estimate of drug-likeness (QED) is 0.783. The fraction of sp³-hybridized carbons (Fsp3) is 0.500. The average molecular weight is 234 g/mol. The van der Waals surface area contributed by atoms with Crippen molar-refractivity contribution in [3.63, 3.8) is 0 Å². The van der Waals surface area contributed by atoms with Gasteiger partial charge in [-0.15, -0.1) is 0 Å². The number of nitrogens with one attached hydrogen (secondary N) is 2. The van der Waals surface area contributed by atoms with Gasteiger partial charge in [-0.2, -0.15) is 0 Å². The molecule has 17 heavy (non-hydrogen) atoms. The highest BCUT2D eigenvalue weighted by atomic mass is 16.2. The molecule has 1 aromatic heterocycles. The van der Waals surface area contributed by atoms with Gasteiger partial charge in [0.25, 0.3) is 0 Å². The zero-order valence-electron chi connectivity index (χ0n) is 10.1. The van der Waals surface area contributed by atoms with E-state index in [9.17, 15) is 4.79 Å². The number of pyridine rings is 1. The minimum atomic E-state index is 0.184. The van der Waals surface area contributed by atoms with Crippen molar-refractivity contribution in [1.29, 1.82) is 0 Å². The van der Waals surface area contributed by atoms with Crippen molar-refractivity contribution < 1.29 is 4.79 Å². The third kappa shape index (κ3) is 3.42. The normalized spacial score (nSPS) is 16.1. The van der Waals surface area contributed by atoms with Crippen LogP contribution >= 0.6 is 0 Å². The van der Waals surface area contributed by atoms with Crippen LogP contribution in [0.4, 0.5) is 5.69 Å². The Morgan fingerprint density at radius 3 is 3.24 bits per heavy atom. The van der Waals surface area contributed by atoms with Crippen LogP contribution in [0.25, 0.3) is 0 Å². The molecule has 1 aliphatic heterocycles. The van der Waals surface area contributed by atoms with E-state index in [0.29, 0.717) is 6.54 Å². The number of anilines is 1. The van der Waals surface area contributed by atoms with E-state index in [0.717, 1.165) is 37.6 Å². The van der Waals surface area contributed by atoms with Crippen molar-refractivity contribution in [3.05, 3.63) is 24.0 Å². The fourth-order valence-corrected chi connectivity index (χ4v) is 1.87. The van der Waals surface area contributed by atoms with Crippen LogP contribution < -0.4 is 10.6 Å². The van der Waals surface area contributed by atoms with Crippen LogP contribution in [0.1, 0.15) is 5.69 Å². The molecular formula is C12H18N4O. The molecular weight excluding hydrogens is 216 g/mol. The summed E-state index contributed by atoms with van der Waals surface area (Å²) in [6, 6.07) is 3.94. The molecule has 5 nitrogen and oxygen atoms in total. The summed E-state index contributed by atoms with van der Waals surface area (Å²) in [7, 11) is 0. The first-order valence-corrected chi connectivity index (χ1v) is 5.91. The second-order valence-corrected chi connectivity index (χ2v) is 4.17. The lowest BCUT2D eigenvalue weighted by molar-refractivity contribution is -0.131. The van der Waals surface area contributed by atoms with Gasteiger partial charge in [-0.25, -0.2) is 0 Å². The SMILES string of the molecule is Cc1cc(NCCN2CCNCC2=O)ccn1. The summed E-state index contributed by atoms with van der Waals surface area (Å²) in [5.74, 6) is 0.184. The Morgan fingerprint density at radius 1 is 1.59 bits per heavy atom. The molecule has 2 heterocycles. The number of hydrogen-bond donors (Lipinski definition) is 2. The monoisotopic (exact) mass is 234 g/mol. The Kier molecular flexibility index (Phi) is 3.93. The maximum atomic E-state index is 11.5. The van der Waals surface area contributed by atoms with Crippen LogP contribution in [0.2, 0.25) is 0 Å². The second kappa shape index (κ2) is 5.63. The van der Waals surface area contributed by atoms with Crippen molar-refractivity contribution in [2.24, 2.45) is 0 Å². The lowest BCUT2D eigenvalue weighted by atomic mass is 10.3. The molecule has 1 aromatic rings. The van der Waals surface area contributed by atoms with Crippen molar-refractivity contribution in [2.75, 3.05) is 38.0 Å². The zero-order chi connectivity index (χ0) is 12.1. The molecule has 0 unspecified atom stereocenters. The molecule has 2 N–H and O–H groups in total. The Balaban J connectivity index is 1.77. The van der Waals surface area contributed by atoms with Crippen LogP contribution in [0.5, 0.6) is 0 Å². The van der Waals surface area contributed by atoms with Crippen molar-refractivity contribution in [1.82, 2.24) is 15.2 Å². The second-order valence-electron chi connectivity index (χ2n) is 4.17. The molecule has 0 saturated carbocycles. The average Bonchev–Trinajstić information content (AvgIpc) is 2.32. The summed E-state index contributed by atoms with van der Waals surface area (Å²) in [5, 5.41) is 6.36. The van der Waals surface area contributed by atoms with E-state index in [4.69, 9.17) is 0 Å². The topological polar surface area (TPSA) is 57.3 Å². The number of nitrogens with zero attached hydrogens (tertiary/aromatic N) is 2. The van der Waals surface area contributed by atoms with Gasteiger partial charge < -0.3 is 15.5 Å². The van der Waals surface area contributed by atoms with Crippen molar-refractivity contribution in [3.8, 4) is 0 Å². The maximum Gasteiger partial charge on any atom is 0.236 e. The van der Waals surface area contributed by atoms with E-state index < -0.39 is 0 Å². The van der Waals surface area contributed by atoms with E-state index in [1.165, 1.54) is 0 Å². The minimum Gasteiger partial charge on any atom is -0.383 e. The molecule has 1 saturated heterocycles. The number of aryl methyl sites for hydroxylation is 1. The molecule has 0 bridgehead atoms. The van der Waals surface area contributed by atoms with Gasteiger partial charge in [0, 0.05) is 43.8 Å². The number of piperazine rings is 1. The predicted octanol–water partition coefficient (Wildman–Crippen LogP) is 0.234. The van der Waals surface area contributed by atoms with Gasteiger partial charge in [0.2, 0.25) is 5.91 Å². The van der Waals surface area contributed by atoms with E-state index in [2.05, 4.69) is 15.6 Å². The molecule has 2 rings (SSSR count). The molecule has 0 atom stereocenters. The first kappa shape index (κ1) is 11.9. The van der Waals surface area contributed by atoms with Crippen LogP contribution in [0.15, 0.2) is 18.3 Å². The lowest BCUT2D eigenvalue weighted by Crippen LogP contribution is -2.49. The molecule has 1 aliphatic rings. The van der Waals surface area contributed by atoms with E-state index >= 15 is 0 Å². The molecule has 1 amide bonds. The number of hydrogen-bond acceptors (Lipinski definition) is 4. The van der Waals surface area contributed by atoms with Crippen LogP contribution in [-0.2, 0) is 4.79 Å². The summed E-state index contributed by atoms with van der Waals surface area (Å²) < 4.78 is 0. The molecule has 5 heteroatoms. The van der Waals surface area contributed by atoms with Crippen LogP contribution in [-0.4, -0.2) is 48.5 Å². The van der Waals surface area contributed by atoms with Gasteiger partial charge in [-0.3, -0.25) is 9.78 Å². The third-order valence-corrected chi connectivity index (χ3v) is 2.79. The van der Waals surface area contributed by atoms with Gasteiger partial charge in [-0.1, -0.05) is 0 Å². The molecule has 92 valence electrons. The van der Waals surface area contributed by atoms with Gasteiger partial charge in [0.1, 0.15) is 0 Å². The first-order chi connectivity index (χ1) is 8.25. The van der Waals surface area contributed by atoms with Gasteiger partial charge in [0.05, 0.1) is 6.54 Å². The van der Waals surface area contributed by atoms with Crippen LogP contribution in [0.3, 0.4) is 0 Å². The number of rotatable bonds is 4. The maximum absolute atomic E-state index is 11.5. The Bertz CT molecular complexity index is 394. The summed E-state index contributed by atoms with van der Waals surface area (Å²) in [6.45, 7) is 5.65. The van der Waals surface area contributed by atoms with E-state index in [1.54, 1.807) is 6.20 Å². The molecule has 0 aromatic carbocycles. The fourth-order valence-electron chi connectivity index (χ4n) is 1.87. The van der Waals surface area contributed by atoms with Crippen LogP contribution in [0, 0.1) is 6.92 Å². The summed E-state index contributed by atoms with van der Waals surface area (Å²) >= 11 is 0. The van der Waals surface area contributed by atoms with E-state index in [1.807, 2.05) is 24.0 Å². The Hall–Kier alpha value is -1.62. The smallest absolute Gasteiger partial charge is 0.236 e. The zero-order valence-corrected chi connectivity index (χ0v) is 10.1. The largest absolute Gasteiger partial charge is 0.383 e. The standard InChI is InChI=1S/C12H18N4O/c1-10-8-11(2-3-14-10)15-5-7-16-6-4-13-9-12(16)17/h2-3,8,13H,4-7,9H2,1H3,(H,14,15). The first-order valence-electron chi connectivity index (χ1n) is 5.91. The lowest BCUT2D eigenvalue weighted by Gasteiger charge is -2.27. The Morgan fingerprint density at radius 2 is 2.47 bits per heavy atom. The molecule has 0 radical (unpaired) electrons. The van der Waals surface area contributed by atoms with Gasteiger partial charge in [0.15, 0.2) is 0 Å². The number of carbonyl (C=O) groups is 1. The summed E-state index contributed by atoms with van der Waals surface area (Å²) in [4.78, 5) is 17.5. The highest BCUT2D eigenvalue weighted by Crippen LogP contribution is 2.06. The molecule has 0 spiro atoms. The predicted molar refractivity (Wildman–Crippen MR) is 66.9 cm³/mol. The number of aromatic nitrogens is 1. The minimum absolute atomic E-state index is 0.184. The molecule has 1 fully saturated rings. The van der Waals surface area contributed by atoms with E-state index in [-0.39, 0.29) is 5.91 Å². The van der Waals surface area contributed by atoms with Gasteiger partial charge >= 0.3 is 0 Å². The highest BCUT2D eigenvalue weighted by Gasteiger charge is 2.16. The third-order valence-electron chi connectivity index (χ3n) is 2.79. The number of amides is 1. The number of carbonyl (C=O) groups excluding carboxylic acids is 1. The van der Waals surface area contributed by atoms with Crippen molar-refractivity contribution in [2.45, 2.75) is 6.92 Å².